The van der Waals surface area contributed by atoms with Gasteiger partial charge in [-0.1, -0.05) is 18.2 Å². The van der Waals surface area contributed by atoms with Gasteiger partial charge in [0.25, 0.3) is 0 Å². The van der Waals surface area contributed by atoms with E-state index in [1.807, 2.05) is 0 Å². The molecule has 4 nitrogen and oxygen atoms in total. The van der Waals surface area contributed by atoms with Crippen LogP contribution in [0, 0.1) is 11.2 Å². The van der Waals surface area contributed by atoms with Crippen LogP contribution in [0.3, 0.4) is 0 Å². The fourth-order valence-electron chi connectivity index (χ4n) is 1.61. The number of hydrogen-bond donors (Lipinski definition) is 2. The number of nitrogens with two attached hydrogens (primary N) is 1. The lowest BCUT2D eigenvalue weighted by atomic mass is 10.2. The van der Waals surface area contributed by atoms with Crippen molar-refractivity contribution in [2.45, 2.75) is 13.2 Å². The highest BCUT2D eigenvalue weighted by molar-refractivity contribution is 5.93. The van der Waals surface area contributed by atoms with Gasteiger partial charge in [0, 0.05) is 11.8 Å². The summed E-state index contributed by atoms with van der Waals surface area (Å²) in [7, 11) is 0. The average Bonchev–Trinajstić information content (AvgIpc) is 2.41. The molecule has 0 spiro atoms. The van der Waals surface area contributed by atoms with E-state index in [1.165, 1.54) is 6.07 Å². The van der Waals surface area contributed by atoms with E-state index in [9.17, 15) is 4.39 Å². The Morgan fingerprint density at radius 2 is 2.05 bits per heavy atom. The standard InChI is InChI=1S/C14H14FN3O/c15-12-4-2-1-3-11(12)9-19-8-10-5-6-18-13(7-10)14(16)17/h1-7H,8-9H2,(H3,16,17). The lowest BCUT2D eigenvalue weighted by Gasteiger charge is -2.06. The molecule has 98 valence electrons. The minimum atomic E-state index is -0.276. The van der Waals surface area contributed by atoms with Gasteiger partial charge in [-0.3, -0.25) is 10.4 Å². The largest absolute Gasteiger partial charge is 0.382 e. The van der Waals surface area contributed by atoms with E-state index in [0.29, 0.717) is 17.9 Å². The highest BCUT2D eigenvalue weighted by atomic mass is 19.1. The first kappa shape index (κ1) is 13.2. The lowest BCUT2D eigenvalue weighted by molar-refractivity contribution is 0.105. The summed E-state index contributed by atoms with van der Waals surface area (Å²) in [5.74, 6) is -0.363. The van der Waals surface area contributed by atoms with E-state index >= 15 is 0 Å². The van der Waals surface area contributed by atoms with Gasteiger partial charge in [-0.2, -0.15) is 0 Å². The molecule has 2 rings (SSSR count). The van der Waals surface area contributed by atoms with Crippen molar-refractivity contribution in [3.05, 3.63) is 65.2 Å². The topological polar surface area (TPSA) is 72.0 Å². The van der Waals surface area contributed by atoms with E-state index in [-0.39, 0.29) is 18.3 Å². The number of amidine groups is 1. The summed E-state index contributed by atoms with van der Waals surface area (Å²) in [5, 5.41) is 7.30. The van der Waals surface area contributed by atoms with E-state index in [0.717, 1.165) is 5.56 Å². The zero-order valence-electron chi connectivity index (χ0n) is 10.3. The van der Waals surface area contributed by atoms with Crippen molar-refractivity contribution in [3.8, 4) is 0 Å². The van der Waals surface area contributed by atoms with Gasteiger partial charge in [0.05, 0.1) is 13.2 Å². The number of benzene rings is 1. The molecule has 0 saturated carbocycles. The van der Waals surface area contributed by atoms with E-state index in [4.69, 9.17) is 15.9 Å². The number of nitrogens with zero attached hydrogens (tertiary/aromatic N) is 1. The molecule has 0 aliphatic heterocycles. The zero-order chi connectivity index (χ0) is 13.7. The van der Waals surface area contributed by atoms with Gasteiger partial charge in [0.1, 0.15) is 17.3 Å². The minimum Gasteiger partial charge on any atom is -0.382 e. The molecule has 1 aromatic heterocycles. The lowest BCUT2D eigenvalue weighted by Crippen LogP contribution is -2.13. The predicted molar refractivity (Wildman–Crippen MR) is 70.1 cm³/mol. The van der Waals surface area contributed by atoms with Gasteiger partial charge < -0.3 is 10.5 Å². The molecule has 1 heterocycles. The Labute approximate surface area is 110 Å². The summed E-state index contributed by atoms with van der Waals surface area (Å²) >= 11 is 0. The Hall–Kier alpha value is -2.27. The second kappa shape index (κ2) is 6.06. The summed E-state index contributed by atoms with van der Waals surface area (Å²) in [6.07, 6.45) is 1.57. The Balaban J connectivity index is 1.94. The summed E-state index contributed by atoms with van der Waals surface area (Å²) in [4.78, 5) is 3.95. The molecule has 0 radical (unpaired) electrons. The third-order valence-electron chi connectivity index (χ3n) is 2.58. The van der Waals surface area contributed by atoms with Gasteiger partial charge in [-0.15, -0.1) is 0 Å². The van der Waals surface area contributed by atoms with Gasteiger partial charge in [0.2, 0.25) is 0 Å². The molecule has 5 heteroatoms. The van der Waals surface area contributed by atoms with Gasteiger partial charge in [-0.25, -0.2) is 4.39 Å². The Morgan fingerprint density at radius 3 is 2.79 bits per heavy atom. The van der Waals surface area contributed by atoms with Crippen LogP contribution in [-0.2, 0) is 18.0 Å². The van der Waals surface area contributed by atoms with E-state index in [1.54, 1.807) is 36.5 Å². The molecule has 0 unspecified atom stereocenters. The first-order chi connectivity index (χ1) is 9.16. The molecular formula is C14H14FN3O. The van der Waals surface area contributed by atoms with Crippen LogP contribution in [0.2, 0.25) is 0 Å². The Morgan fingerprint density at radius 1 is 1.26 bits per heavy atom. The first-order valence-electron chi connectivity index (χ1n) is 5.77. The van der Waals surface area contributed by atoms with Crippen LogP contribution in [-0.4, -0.2) is 10.8 Å². The molecule has 0 bridgehead atoms. The molecule has 3 N–H and O–H groups in total. The van der Waals surface area contributed by atoms with Crippen molar-refractivity contribution in [1.29, 1.82) is 5.41 Å². The van der Waals surface area contributed by atoms with Crippen LogP contribution >= 0.6 is 0 Å². The number of nitrogens with one attached hydrogen (secondary N) is 1. The molecule has 0 fully saturated rings. The number of aromatic nitrogens is 1. The normalized spacial score (nSPS) is 10.4. The number of ether oxygens (including phenoxy) is 1. The smallest absolute Gasteiger partial charge is 0.141 e. The van der Waals surface area contributed by atoms with Gasteiger partial charge in [0.15, 0.2) is 0 Å². The minimum absolute atomic E-state index is 0.0871. The maximum absolute atomic E-state index is 13.4. The third-order valence-corrected chi connectivity index (χ3v) is 2.58. The Bertz CT molecular complexity index is 586. The number of halogens is 1. The second-order valence-corrected chi connectivity index (χ2v) is 4.05. The molecule has 0 aliphatic rings. The van der Waals surface area contributed by atoms with Crippen LogP contribution in [0.1, 0.15) is 16.8 Å². The monoisotopic (exact) mass is 259 g/mol. The molecule has 0 amide bonds. The van der Waals surface area contributed by atoms with Crippen molar-refractivity contribution in [2.24, 2.45) is 5.73 Å². The summed E-state index contributed by atoms with van der Waals surface area (Å²) in [6.45, 7) is 0.515. The summed E-state index contributed by atoms with van der Waals surface area (Å²) in [5.41, 5.74) is 7.12. The highest BCUT2D eigenvalue weighted by Gasteiger charge is 2.03. The third kappa shape index (κ3) is 3.59. The quantitative estimate of drug-likeness (QED) is 0.638. The fraction of sp³-hybridized carbons (Fsp3) is 0.143. The zero-order valence-corrected chi connectivity index (χ0v) is 10.3. The molecule has 0 atom stereocenters. The van der Waals surface area contributed by atoms with Gasteiger partial charge >= 0.3 is 0 Å². The predicted octanol–water partition coefficient (Wildman–Crippen LogP) is 2.22. The van der Waals surface area contributed by atoms with Crippen LogP contribution in [0.4, 0.5) is 4.39 Å². The number of hydrogen-bond acceptors (Lipinski definition) is 3. The molecule has 1 aromatic carbocycles. The van der Waals surface area contributed by atoms with Crippen molar-refractivity contribution in [2.75, 3.05) is 0 Å². The number of rotatable bonds is 5. The van der Waals surface area contributed by atoms with Gasteiger partial charge in [-0.05, 0) is 23.8 Å². The van der Waals surface area contributed by atoms with Crippen molar-refractivity contribution in [1.82, 2.24) is 4.98 Å². The SMILES string of the molecule is N=C(N)c1cc(COCc2ccccc2F)ccn1. The summed E-state index contributed by atoms with van der Waals surface area (Å²) < 4.78 is 18.8. The van der Waals surface area contributed by atoms with Crippen molar-refractivity contribution < 1.29 is 9.13 Å². The molecule has 2 aromatic rings. The van der Waals surface area contributed by atoms with Crippen LogP contribution in [0.25, 0.3) is 0 Å². The van der Waals surface area contributed by atoms with Crippen LogP contribution < -0.4 is 5.73 Å². The molecule has 19 heavy (non-hydrogen) atoms. The average molecular weight is 259 g/mol. The first-order valence-corrected chi connectivity index (χ1v) is 5.77. The molecule has 0 aliphatic carbocycles. The van der Waals surface area contributed by atoms with Crippen LogP contribution in [0.15, 0.2) is 42.6 Å². The number of nitrogen functional groups attached to an aromatic ring is 1. The molecule has 0 saturated heterocycles. The fourth-order valence-corrected chi connectivity index (χ4v) is 1.61. The summed E-state index contributed by atoms with van der Waals surface area (Å²) in [6, 6.07) is 9.95. The van der Waals surface area contributed by atoms with Crippen LogP contribution in [0.5, 0.6) is 0 Å². The van der Waals surface area contributed by atoms with E-state index in [2.05, 4.69) is 4.98 Å². The van der Waals surface area contributed by atoms with Crippen molar-refractivity contribution in [3.63, 3.8) is 0 Å². The maximum Gasteiger partial charge on any atom is 0.141 e. The number of pyridine rings is 1. The maximum atomic E-state index is 13.4. The highest BCUT2D eigenvalue weighted by Crippen LogP contribution is 2.10. The second-order valence-electron chi connectivity index (χ2n) is 4.05. The Kier molecular flexibility index (Phi) is 4.20. The van der Waals surface area contributed by atoms with Crippen molar-refractivity contribution >= 4 is 5.84 Å². The molecular weight excluding hydrogens is 245 g/mol. The van der Waals surface area contributed by atoms with E-state index < -0.39 is 0 Å².